The lowest BCUT2D eigenvalue weighted by Crippen LogP contribution is -2.34. The zero-order chi connectivity index (χ0) is 13.7. The first-order valence-electron chi connectivity index (χ1n) is 6.32. The highest BCUT2D eigenvalue weighted by Crippen LogP contribution is 2.30. The van der Waals surface area contributed by atoms with Crippen LogP contribution in [0.5, 0.6) is 11.5 Å². The van der Waals surface area contributed by atoms with E-state index in [1.807, 2.05) is 6.92 Å². The van der Waals surface area contributed by atoms with Gasteiger partial charge in [0.25, 0.3) is 5.91 Å². The minimum absolute atomic E-state index is 0.120. The van der Waals surface area contributed by atoms with Crippen LogP contribution in [-0.4, -0.2) is 25.2 Å². The molecule has 19 heavy (non-hydrogen) atoms. The van der Waals surface area contributed by atoms with E-state index in [0.717, 1.165) is 6.42 Å². The summed E-state index contributed by atoms with van der Waals surface area (Å²) in [6.07, 6.45) is 1.04. The first kappa shape index (κ1) is 13.2. The van der Waals surface area contributed by atoms with Crippen LogP contribution in [0.25, 0.3) is 0 Å². The van der Waals surface area contributed by atoms with Gasteiger partial charge in [-0.15, -0.1) is 0 Å². The number of rotatable bonds is 4. The van der Waals surface area contributed by atoms with Crippen LogP contribution in [0.3, 0.4) is 0 Å². The molecule has 1 aromatic rings. The third kappa shape index (κ3) is 3.16. The predicted octanol–water partition coefficient (Wildman–Crippen LogP) is 1.88. The number of carbonyl (C=O) groups excluding carboxylic acids is 1. The number of benzene rings is 1. The minimum atomic E-state index is -0.195. The van der Waals surface area contributed by atoms with Crippen molar-refractivity contribution in [1.82, 2.24) is 5.32 Å². The van der Waals surface area contributed by atoms with Gasteiger partial charge in [-0.1, -0.05) is 6.92 Å². The SMILES string of the molecule is CCC(CC#N)NC(=O)c1ccc2c(c1)OCCO2. The molecule has 1 aliphatic heterocycles. The van der Waals surface area contributed by atoms with Crippen LogP contribution in [0.2, 0.25) is 0 Å². The van der Waals surface area contributed by atoms with Gasteiger partial charge < -0.3 is 14.8 Å². The fourth-order valence-electron chi connectivity index (χ4n) is 1.86. The fourth-order valence-corrected chi connectivity index (χ4v) is 1.86. The van der Waals surface area contributed by atoms with Crippen molar-refractivity contribution >= 4 is 5.91 Å². The Morgan fingerprint density at radius 2 is 2.16 bits per heavy atom. The number of ether oxygens (including phenoxy) is 2. The van der Waals surface area contributed by atoms with E-state index in [2.05, 4.69) is 11.4 Å². The maximum absolute atomic E-state index is 12.1. The summed E-state index contributed by atoms with van der Waals surface area (Å²) in [6.45, 7) is 2.95. The van der Waals surface area contributed by atoms with Crippen molar-refractivity contribution in [3.63, 3.8) is 0 Å². The van der Waals surface area contributed by atoms with E-state index in [1.165, 1.54) is 0 Å². The quantitative estimate of drug-likeness (QED) is 0.897. The number of amides is 1. The molecule has 1 amide bonds. The summed E-state index contributed by atoms with van der Waals surface area (Å²) in [5.41, 5.74) is 0.514. The van der Waals surface area contributed by atoms with E-state index >= 15 is 0 Å². The van der Waals surface area contributed by atoms with E-state index in [0.29, 0.717) is 36.7 Å². The molecule has 1 heterocycles. The summed E-state index contributed by atoms with van der Waals surface area (Å²) >= 11 is 0. The third-order valence-electron chi connectivity index (χ3n) is 2.97. The molecule has 0 fully saturated rings. The summed E-state index contributed by atoms with van der Waals surface area (Å²) in [5, 5.41) is 11.5. The number of hydrogen-bond donors (Lipinski definition) is 1. The standard InChI is InChI=1S/C14H16N2O3/c1-2-11(5-6-15)16-14(17)10-3-4-12-13(9-10)19-8-7-18-12/h3-4,9,11H,2,5,7-8H2,1H3,(H,16,17). The van der Waals surface area contributed by atoms with Crippen LogP contribution in [0, 0.1) is 11.3 Å². The second kappa shape index (κ2) is 6.10. The fraction of sp³-hybridized carbons (Fsp3) is 0.429. The molecule has 0 spiro atoms. The van der Waals surface area contributed by atoms with E-state index < -0.39 is 0 Å². The molecule has 5 nitrogen and oxygen atoms in total. The molecule has 100 valence electrons. The second-order valence-corrected chi connectivity index (χ2v) is 4.30. The van der Waals surface area contributed by atoms with Crippen LogP contribution in [0.1, 0.15) is 30.1 Å². The molecule has 0 radical (unpaired) electrons. The van der Waals surface area contributed by atoms with Gasteiger partial charge in [-0.05, 0) is 24.6 Å². The largest absolute Gasteiger partial charge is 0.486 e. The van der Waals surface area contributed by atoms with Gasteiger partial charge in [0, 0.05) is 11.6 Å². The molecule has 1 atom stereocenters. The Morgan fingerprint density at radius 3 is 2.84 bits per heavy atom. The van der Waals surface area contributed by atoms with Gasteiger partial charge in [-0.25, -0.2) is 0 Å². The first-order valence-corrected chi connectivity index (χ1v) is 6.32. The number of fused-ring (bicyclic) bond motifs is 1. The highest BCUT2D eigenvalue weighted by Gasteiger charge is 2.16. The van der Waals surface area contributed by atoms with Crippen LogP contribution in [0.4, 0.5) is 0 Å². The Bertz CT molecular complexity index is 508. The topological polar surface area (TPSA) is 71.4 Å². The normalized spacial score (nSPS) is 14.3. The van der Waals surface area contributed by atoms with Gasteiger partial charge >= 0.3 is 0 Å². The zero-order valence-electron chi connectivity index (χ0n) is 10.8. The smallest absolute Gasteiger partial charge is 0.251 e. The molecule has 0 aromatic heterocycles. The molecular weight excluding hydrogens is 244 g/mol. The summed E-state index contributed by atoms with van der Waals surface area (Å²) in [7, 11) is 0. The number of carbonyl (C=O) groups is 1. The summed E-state index contributed by atoms with van der Waals surface area (Å²) in [4.78, 5) is 12.1. The lowest BCUT2D eigenvalue weighted by molar-refractivity contribution is 0.0935. The molecular formula is C14H16N2O3. The number of nitrogens with one attached hydrogen (secondary N) is 1. The summed E-state index contributed by atoms with van der Waals surface area (Å²) < 4.78 is 10.8. The van der Waals surface area contributed by atoms with Crippen LogP contribution in [-0.2, 0) is 0 Å². The average Bonchev–Trinajstić information content (AvgIpc) is 2.46. The number of hydrogen-bond acceptors (Lipinski definition) is 4. The van der Waals surface area contributed by atoms with Crippen molar-refractivity contribution < 1.29 is 14.3 Å². The van der Waals surface area contributed by atoms with E-state index in [1.54, 1.807) is 18.2 Å². The lowest BCUT2D eigenvalue weighted by atomic mass is 10.1. The Labute approximate surface area is 112 Å². The zero-order valence-corrected chi connectivity index (χ0v) is 10.8. The van der Waals surface area contributed by atoms with Gasteiger partial charge in [-0.3, -0.25) is 4.79 Å². The van der Waals surface area contributed by atoms with Gasteiger partial charge in [0.2, 0.25) is 0 Å². The number of nitrogens with zero attached hydrogens (tertiary/aromatic N) is 1. The highest BCUT2D eigenvalue weighted by atomic mass is 16.6. The molecule has 1 N–H and O–H groups in total. The van der Waals surface area contributed by atoms with Crippen LogP contribution >= 0.6 is 0 Å². The Morgan fingerprint density at radius 1 is 1.42 bits per heavy atom. The van der Waals surface area contributed by atoms with Crippen molar-refractivity contribution in [2.75, 3.05) is 13.2 Å². The van der Waals surface area contributed by atoms with Gasteiger partial charge in [-0.2, -0.15) is 5.26 Å². The molecule has 5 heteroatoms. The molecule has 0 aliphatic carbocycles. The lowest BCUT2D eigenvalue weighted by Gasteiger charge is -2.19. The van der Waals surface area contributed by atoms with E-state index in [-0.39, 0.29) is 11.9 Å². The van der Waals surface area contributed by atoms with Crippen molar-refractivity contribution in [3.05, 3.63) is 23.8 Å². The van der Waals surface area contributed by atoms with Crippen molar-refractivity contribution in [2.24, 2.45) is 0 Å². The van der Waals surface area contributed by atoms with Crippen molar-refractivity contribution in [3.8, 4) is 17.6 Å². The van der Waals surface area contributed by atoms with E-state index in [9.17, 15) is 4.79 Å². The second-order valence-electron chi connectivity index (χ2n) is 4.30. The molecule has 1 aliphatic rings. The van der Waals surface area contributed by atoms with E-state index in [4.69, 9.17) is 14.7 Å². The highest BCUT2D eigenvalue weighted by molar-refractivity contribution is 5.95. The molecule has 2 rings (SSSR count). The third-order valence-corrected chi connectivity index (χ3v) is 2.97. The first-order chi connectivity index (χ1) is 9.24. The Balaban J connectivity index is 2.09. The molecule has 0 saturated carbocycles. The minimum Gasteiger partial charge on any atom is -0.486 e. The predicted molar refractivity (Wildman–Crippen MR) is 69.2 cm³/mol. The van der Waals surface area contributed by atoms with Gasteiger partial charge in [0.15, 0.2) is 11.5 Å². The molecule has 1 aromatic carbocycles. The maximum Gasteiger partial charge on any atom is 0.251 e. The van der Waals surface area contributed by atoms with Gasteiger partial charge in [0.05, 0.1) is 12.5 Å². The summed E-state index contributed by atoms with van der Waals surface area (Å²) in [5.74, 6) is 1.05. The Hall–Kier alpha value is -2.22. The van der Waals surface area contributed by atoms with Gasteiger partial charge in [0.1, 0.15) is 13.2 Å². The number of nitriles is 1. The van der Waals surface area contributed by atoms with Crippen LogP contribution < -0.4 is 14.8 Å². The molecule has 0 saturated heterocycles. The Kier molecular flexibility index (Phi) is 4.24. The van der Waals surface area contributed by atoms with Crippen LogP contribution in [0.15, 0.2) is 18.2 Å². The maximum atomic E-state index is 12.1. The molecule has 1 unspecified atom stereocenters. The van der Waals surface area contributed by atoms with Crippen molar-refractivity contribution in [2.45, 2.75) is 25.8 Å². The van der Waals surface area contributed by atoms with Crippen molar-refractivity contribution in [1.29, 1.82) is 5.26 Å². The average molecular weight is 260 g/mol. The monoisotopic (exact) mass is 260 g/mol. The summed E-state index contributed by atoms with van der Waals surface area (Å²) in [6, 6.07) is 7.04. The molecule has 0 bridgehead atoms.